The zero-order valence-electron chi connectivity index (χ0n) is 6.09. The van der Waals surface area contributed by atoms with Gasteiger partial charge in [-0.15, -0.1) is 11.3 Å². The van der Waals surface area contributed by atoms with Crippen LogP contribution in [0, 0.1) is 9.49 Å². The van der Waals surface area contributed by atoms with Crippen molar-refractivity contribution in [3.8, 4) is 0 Å². The first-order chi connectivity index (χ1) is 5.29. The Hall–Kier alpha value is 0.390. The Morgan fingerprint density at radius 2 is 2.36 bits per heavy atom. The van der Waals surface area contributed by atoms with Gasteiger partial charge >= 0.3 is 0 Å². The average Bonchev–Trinajstić information content (AvgIpc) is 2.74. The lowest BCUT2D eigenvalue weighted by Gasteiger charge is -2.07. The number of nitrogens with two attached hydrogens (primary N) is 1. The molecule has 0 aliphatic heterocycles. The summed E-state index contributed by atoms with van der Waals surface area (Å²) in [5.74, 6) is 0.780. The summed E-state index contributed by atoms with van der Waals surface area (Å²) in [5.41, 5.74) is 6.05. The molecule has 2 N–H and O–H groups in total. The molecule has 0 radical (unpaired) electrons. The number of rotatable bonds is 2. The zero-order chi connectivity index (χ0) is 7.84. The highest BCUT2D eigenvalue weighted by molar-refractivity contribution is 14.1. The molecule has 1 fully saturated rings. The molecule has 0 spiro atoms. The van der Waals surface area contributed by atoms with Crippen LogP contribution >= 0.6 is 33.9 Å². The Balaban J connectivity index is 2.20. The van der Waals surface area contributed by atoms with Gasteiger partial charge in [-0.2, -0.15) is 0 Å². The first-order valence-electron chi connectivity index (χ1n) is 3.77. The zero-order valence-corrected chi connectivity index (χ0v) is 9.06. The van der Waals surface area contributed by atoms with Crippen LogP contribution in [0.2, 0.25) is 0 Å². The van der Waals surface area contributed by atoms with Gasteiger partial charge in [0.25, 0.3) is 0 Å². The summed E-state index contributed by atoms with van der Waals surface area (Å²) in [6.07, 6.45) is 2.66. The van der Waals surface area contributed by atoms with Crippen molar-refractivity contribution in [2.24, 2.45) is 11.7 Å². The van der Waals surface area contributed by atoms with Gasteiger partial charge in [-0.3, -0.25) is 0 Å². The molecule has 1 heterocycles. The largest absolute Gasteiger partial charge is 0.323 e. The normalized spacial score (nSPS) is 20.2. The van der Waals surface area contributed by atoms with Gasteiger partial charge in [-0.05, 0) is 52.8 Å². The van der Waals surface area contributed by atoms with E-state index >= 15 is 0 Å². The van der Waals surface area contributed by atoms with Crippen LogP contribution in [0.4, 0.5) is 0 Å². The van der Waals surface area contributed by atoms with Gasteiger partial charge in [0, 0.05) is 14.5 Å². The molecule has 3 heteroatoms. The predicted molar refractivity (Wildman–Crippen MR) is 56.7 cm³/mol. The summed E-state index contributed by atoms with van der Waals surface area (Å²) < 4.78 is 1.34. The van der Waals surface area contributed by atoms with E-state index in [0.717, 1.165) is 5.92 Å². The van der Waals surface area contributed by atoms with Crippen molar-refractivity contribution >= 4 is 33.9 Å². The fraction of sp³-hybridized carbons (Fsp3) is 0.500. The molecular formula is C8H10INS. The molecule has 60 valence electrons. The van der Waals surface area contributed by atoms with Gasteiger partial charge in [0.1, 0.15) is 0 Å². The summed E-state index contributed by atoms with van der Waals surface area (Å²) in [5, 5.41) is 2.12. The van der Waals surface area contributed by atoms with Gasteiger partial charge in [0.2, 0.25) is 0 Å². The van der Waals surface area contributed by atoms with Crippen molar-refractivity contribution in [2.75, 3.05) is 0 Å². The van der Waals surface area contributed by atoms with E-state index in [2.05, 4.69) is 34.0 Å². The quantitative estimate of drug-likeness (QED) is 0.828. The number of halogens is 1. The van der Waals surface area contributed by atoms with E-state index in [4.69, 9.17) is 5.73 Å². The Morgan fingerprint density at radius 1 is 1.64 bits per heavy atom. The third-order valence-electron chi connectivity index (χ3n) is 2.08. The molecule has 0 saturated heterocycles. The monoisotopic (exact) mass is 279 g/mol. The minimum Gasteiger partial charge on any atom is -0.323 e. The Labute approximate surface area is 84.1 Å². The highest BCUT2D eigenvalue weighted by atomic mass is 127. The second-order valence-corrected chi connectivity index (χ2v) is 5.11. The summed E-state index contributed by atoms with van der Waals surface area (Å²) in [7, 11) is 0. The van der Waals surface area contributed by atoms with Gasteiger partial charge < -0.3 is 5.73 Å². The average molecular weight is 279 g/mol. The summed E-state index contributed by atoms with van der Waals surface area (Å²) in [6.45, 7) is 0. The van der Waals surface area contributed by atoms with Crippen LogP contribution in [0.5, 0.6) is 0 Å². The standard InChI is InChI=1S/C8H10INS/c9-6-3-4-11-8(6)7(10)5-1-2-5/h3-5,7H,1-2,10H2/t7-/m1/s1. The lowest BCUT2D eigenvalue weighted by molar-refractivity contribution is 0.642. The molecule has 1 saturated carbocycles. The van der Waals surface area contributed by atoms with E-state index < -0.39 is 0 Å². The third kappa shape index (κ3) is 1.60. The van der Waals surface area contributed by atoms with Crippen LogP contribution in [0.3, 0.4) is 0 Å². The predicted octanol–water partition coefficient (Wildman–Crippen LogP) is 2.76. The number of hydrogen-bond donors (Lipinski definition) is 1. The van der Waals surface area contributed by atoms with Crippen LogP contribution in [0.25, 0.3) is 0 Å². The summed E-state index contributed by atoms with van der Waals surface area (Å²) in [6, 6.07) is 2.46. The van der Waals surface area contributed by atoms with Crippen LogP contribution < -0.4 is 5.73 Å². The molecule has 1 aliphatic rings. The van der Waals surface area contributed by atoms with Crippen molar-refractivity contribution in [3.05, 3.63) is 19.9 Å². The maximum Gasteiger partial charge on any atom is 0.0429 e. The highest BCUT2D eigenvalue weighted by Gasteiger charge is 2.31. The third-order valence-corrected chi connectivity index (χ3v) is 4.40. The second kappa shape index (κ2) is 3.03. The van der Waals surface area contributed by atoms with Crippen molar-refractivity contribution in [3.63, 3.8) is 0 Å². The Kier molecular flexibility index (Phi) is 2.21. The molecule has 1 aromatic rings. The summed E-state index contributed by atoms with van der Waals surface area (Å²) in [4.78, 5) is 1.38. The maximum atomic E-state index is 6.05. The van der Waals surface area contributed by atoms with Gasteiger partial charge in [-0.25, -0.2) is 0 Å². The summed E-state index contributed by atoms with van der Waals surface area (Å²) >= 11 is 4.16. The van der Waals surface area contributed by atoms with Crippen molar-refractivity contribution in [1.29, 1.82) is 0 Å². The van der Waals surface area contributed by atoms with E-state index in [-0.39, 0.29) is 0 Å². The molecule has 0 aromatic carbocycles. The molecule has 11 heavy (non-hydrogen) atoms. The molecule has 0 unspecified atom stereocenters. The smallest absolute Gasteiger partial charge is 0.0429 e. The molecule has 1 aliphatic carbocycles. The van der Waals surface area contributed by atoms with Gasteiger partial charge in [0.05, 0.1) is 0 Å². The molecule has 1 aromatic heterocycles. The lowest BCUT2D eigenvalue weighted by atomic mass is 10.2. The first kappa shape index (κ1) is 8.01. The second-order valence-electron chi connectivity index (χ2n) is 3.00. The molecule has 1 nitrogen and oxygen atoms in total. The minimum atomic E-state index is 0.321. The van der Waals surface area contributed by atoms with Gasteiger partial charge in [-0.1, -0.05) is 0 Å². The van der Waals surface area contributed by atoms with E-state index in [1.807, 2.05) is 0 Å². The van der Waals surface area contributed by atoms with E-state index in [0.29, 0.717) is 6.04 Å². The van der Waals surface area contributed by atoms with Gasteiger partial charge in [0.15, 0.2) is 0 Å². The van der Waals surface area contributed by atoms with E-state index in [1.54, 1.807) is 11.3 Å². The van der Waals surface area contributed by atoms with Crippen molar-refractivity contribution in [2.45, 2.75) is 18.9 Å². The molecule has 0 amide bonds. The lowest BCUT2D eigenvalue weighted by Crippen LogP contribution is -2.11. The number of hydrogen-bond acceptors (Lipinski definition) is 2. The maximum absolute atomic E-state index is 6.05. The van der Waals surface area contributed by atoms with Crippen LogP contribution in [-0.2, 0) is 0 Å². The number of thiophene rings is 1. The topological polar surface area (TPSA) is 26.0 Å². The van der Waals surface area contributed by atoms with Crippen molar-refractivity contribution in [1.82, 2.24) is 0 Å². The van der Waals surface area contributed by atoms with Crippen LogP contribution in [0.15, 0.2) is 11.4 Å². The van der Waals surface area contributed by atoms with Crippen LogP contribution in [0.1, 0.15) is 23.8 Å². The molecule has 0 bridgehead atoms. The minimum absolute atomic E-state index is 0.321. The van der Waals surface area contributed by atoms with E-state index in [9.17, 15) is 0 Å². The Morgan fingerprint density at radius 3 is 2.82 bits per heavy atom. The first-order valence-corrected chi connectivity index (χ1v) is 5.73. The highest BCUT2D eigenvalue weighted by Crippen LogP contribution is 2.42. The van der Waals surface area contributed by atoms with Crippen LogP contribution in [-0.4, -0.2) is 0 Å². The fourth-order valence-corrected chi connectivity index (χ4v) is 3.26. The molecular weight excluding hydrogens is 269 g/mol. The SMILES string of the molecule is N[C@@H](c1sccc1I)C1CC1. The van der Waals surface area contributed by atoms with Crippen molar-refractivity contribution < 1.29 is 0 Å². The fourth-order valence-electron chi connectivity index (χ4n) is 1.21. The Bertz CT molecular complexity index is 254. The molecule has 2 rings (SSSR count). The van der Waals surface area contributed by atoms with E-state index in [1.165, 1.54) is 21.3 Å². The molecule has 1 atom stereocenters.